The van der Waals surface area contributed by atoms with E-state index in [1.54, 1.807) is 0 Å². The summed E-state index contributed by atoms with van der Waals surface area (Å²) in [6, 6.07) is 10.3. The fourth-order valence-electron chi connectivity index (χ4n) is 3.33. The van der Waals surface area contributed by atoms with Crippen molar-refractivity contribution < 1.29 is 4.79 Å². The van der Waals surface area contributed by atoms with Crippen molar-refractivity contribution in [2.24, 2.45) is 11.7 Å². The Balaban J connectivity index is 2.07. The summed E-state index contributed by atoms with van der Waals surface area (Å²) in [6.45, 7) is 2.68. The molecule has 3 heteroatoms. The van der Waals surface area contributed by atoms with Crippen molar-refractivity contribution in [1.29, 1.82) is 0 Å². The number of hydrogen-bond acceptors (Lipinski definition) is 2. The van der Waals surface area contributed by atoms with E-state index in [-0.39, 0.29) is 11.8 Å². The van der Waals surface area contributed by atoms with Gasteiger partial charge in [-0.2, -0.15) is 0 Å². The average molecular weight is 274 g/mol. The Morgan fingerprint density at radius 3 is 2.60 bits per heavy atom. The van der Waals surface area contributed by atoms with Gasteiger partial charge in [-0.05, 0) is 37.8 Å². The van der Waals surface area contributed by atoms with Crippen LogP contribution in [0, 0.1) is 5.92 Å². The summed E-state index contributed by atoms with van der Waals surface area (Å²) in [6.07, 6.45) is 4.69. The van der Waals surface area contributed by atoms with Crippen molar-refractivity contribution in [3.05, 3.63) is 35.9 Å². The number of nitrogens with two attached hydrogens (primary N) is 1. The Morgan fingerprint density at radius 2 is 1.95 bits per heavy atom. The quantitative estimate of drug-likeness (QED) is 0.917. The second-order valence-corrected chi connectivity index (χ2v) is 5.93. The molecule has 2 N–H and O–H groups in total. The first-order valence-corrected chi connectivity index (χ1v) is 7.66. The van der Waals surface area contributed by atoms with Crippen LogP contribution in [0.15, 0.2) is 30.3 Å². The molecule has 1 aromatic carbocycles. The third-order valence-electron chi connectivity index (χ3n) is 4.69. The minimum atomic E-state index is -0.0819. The number of likely N-dealkylation sites (N-methyl/N-ethyl adjacent to an activating group) is 1. The van der Waals surface area contributed by atoms with Gasteiger partial charge in [0.25, 0.3) is 0 Å². The van der Waals surface area contributed by atoms with Crippen LogP contribution in [0.5, 0.6) is 0 Å². The number of carbonyl (C=O) groups is 1. The molecular formula is C17H26N2O. The summed E-state index contributed by atoms with van der Waals surface area (Å²) in [5, 5.41) is 0. The molecule has 0 radical (unpaired) electrons. The van der Waals surface area contributed by atoms with Gasteiger partial charge in [-0.3, -0.25) is 4.79 Å². The van der Waals surface area contributed by atoms with Crippen LogP contribution in [0.1, 0.15) is 44.1 Å². The largest absolute Gasteiger partial charge is 0.342 e. The van der Waals surface area contributed by atoms with E-state index in [0.717, 1.165) is 18.4 Å². The van der Waals surface area contributed by atoms with Crippen LogP contribution in [0.4, 0.5) is 0 Å². The summed E-state index contributed by atoms with van der Waals surface area (Å²) in [5.74, 6) is 0.587. The monoisotopic (exact) mass is 274 g/mol. The number of nitrogens with zero attached hydrogens (tertiary/aromatic N) is 1. The van der Waals surface area contributed by atoms with E-state index in [1.165, 1.54) is 12.8 Å². The van der Waals surface area contributed by atoms with Crippen LogP contribution >= 0.6 is 0 Å². The molecule has 1 aromatic rings. The van der Waals surface area contributed by atoms with E-state index >= 15 is 0 Å². The van der Waals surface area contributed by atoms with Gasteiger partial charge in [-0.15, -0.1) is 0 Å². The number of carbonyl (C=O) groups excluding carboxylic acids is 1. The molecule has 0 aromatic heterocycles. The Labute approximate surface area is 122 Å². The number of hydrogen-bond donors (Lipinski definition) is 1. The van der Waals surface area contributed by atoms with E-state index in [1.807, 2.05) is 49.2 Å². The lowest BCUT2D eigenvalue weighted by Gasteiger charge is -2.38. The van der Waals surface area contributed by atoms with Crippen LogP contribution in [0.3, 0.4) is 0 Å². The third-order valence-corrected chi connectivity index (χ3v) is 4.69. The zero-order valence-electron chi connectivity index (χ0n) is 12.6. The molecule has 2 rings (SSSR count). The predicted molar refractivity (Wildman–Crippen MR) is 82.4 cm³/mol. The van der Waals surface area contributed by atoms with Gasteiger partial charge in [-0.25, -0.2) is 0 Å². The number of benzene rings is 1. The average Bonchev–Trinajstić information content (AvgIpc) is 2.53. The van der Waals surface area contributed by atoms with Crippen molar-refractivity contribution in [3.63, 3.8) is 0 Å². The van der Waals surface area contributed by atoms with E-state index in [9.17, 15) is 4.79 Å². The van der Waals surface area contributed by atoms with Crippen molar-refractivity contribution >= 4 is 5.91 Å². The van der Waals surface area contributed by atoms with Crippen LogP contribution in [-0.2, 0) is 4.79 Å². The first-order valence-electron chi connectivity index (χ1n) is 7.66. The molecule has 3 atom stereocenters. The highest BCUT2D eigenvalue weighted by Gasteiger charge is 2.31. The minimum absolute atomic E-state index is 0.0819. The van der Waals surface area contributed by atoms with E-state index in [2.05, 4.69) is 0 Å². The first-order chi connectivity index (χ1) is 9.65. The molecule has 3 nitrogen and oxygen atoms in total. The van der Waals surface area contributed by atoms with Crippen LogP contribution in [-0.4, -0.2) is 30.4 Å². The second-order valence-electron chi connectivity index (χ2n) is 5.93. The maximum absolute atomic E-state index is 12.7. The molecule has 0 aliphatic heterocycles. The predicted octanol–water partition coefficient (Wildman–Crippen LogP) is 2.77. The van der Waals surface area contributed by atoms with Crippen LogP contribution in [0.25, 0.3) is 0 Å². The summed E-state index contributed by atoms with van der Waals surface area (Å²) >= 11 is 0. The molecule has 0 heterocycles. The van der Waals surface area contributed by atoms with Gasteiger partial charge in [0.05, 0.1) is 5.92 Å². The Bertz CT molecular complexity index is 432. The molecule has 1 aliphatic rings. The molecule has 3 unspecified atom stereocenters. The van der Waals surface area contributed by atoms with E-state index in [4.69, 9.17) is 5.73 Å². The molecule has 1 amide bonds. The smallest absolute Gasteiger partial charge is 0.229 e. The number of amides is 1. The van der Waals surface area contributed by atoms with Crippen LogP contribution < -0.4 is 5.73 Å². The molecule has 1 fully saturated rings. The van der Waals surface area contributed by atoms with Gasteiger partial charge in [0.15, 0.2) is 0 Å². The van der Waals surface area contributed by atoms with Gasteiger partial charge in [-0.1, -0.05) is 43.2 Å². The second kappa shape index (κ2) is 6.89. The van der Waals surface area contributed by atoms with E-state index < -0.39 is 0 Å². The summed E-state index contributed by atoms with van der Waals surface area (Å²) in [5.41, 5.74) is 6.97. The van der Waals surface area contributed by atoms with Gasteiger partial charge in [0, 0.05) is 13.1 Å². The summed E-state index contributed by atoms with van der Waals surface area (Å²) < 4.78 is 0. The lowest BCUT2D eigenvalue weighted by Crippen LogP contribution is -2.47. The van der Waals surface area contributed by atoms with Crippen LogP contribution in [0.2, 0.25) is 0 Å². The standard InChI is InChI=1S/C17H26N2O/c1-13(14-8-4-3-5-9-14)17(20)19(2)16-11-7-6-10-15(16)12-18/h3-5,8-9,13,15-16H,6-7,10-12,18H2,1-2H3. The van der Waals surface area contributed by atoms with Crippen molar-refractivity contribution in [3.8, 4) is 0 Å². The highest BCUT2D eigenvalue weighted by atomic mass is 16.2. The Morgan fingerprint density at radius 1 is 1.30 bits per heavy atom. The Hall–Kier alpha value is -1.35. The van der Waals surface area contributed by atoms with Crippen molar-refractivity contribution in [1.82, 2.24) is 4.90 Å². The van der Waals surface area contributed by atoms with Gasteiger partial charge >= 0.3 is 0 Å². The lowest BCUT2D eigenvalue weighted by atomic mass is 9.83. The normalized spacial score (nSPS) is 24.1. The number of rotatable bonds is 4. The maximum atomic E-state index is 12.7. The lowest BCUT2D eigenvalue weighted by molar-refractivity contribution is -0.134. The maximum Gasteiger partial charge on any atom is 0.229 e. The molecule has 0 saturated heterocycles. The van der Waals surface area contributed by atoms with Gasteiger partial charge < -0.3 is 10.6 Å². The molecule has 0 spiro atoms. The summed E-state index contributed by atoms with van der Waals surface area (Å²) in [7, 11) is 1.94. The van der Waals surface area contributed by atoms with E-state index in [0.29, 0.717) is 18.5 Å². The van der Waals surface area contributed by atoms with Gasteiger partial charge in [0.2, 0.25) is 5.91 Å². The third kappa shape index (κ3) is 3.21. The Kier molecular flexibility index (Phi) is 5.18. The van der Waals surface area contributed by atoms with Gasteiger partial charge in [0.1, 0.15) is 0 Å². The topological polar surface area (TPSA) is 46.3 Å². The zero-order chi connectivity index (χ0) is 14.5. The molecule has 110 valence electrons. The highest BCUT2D eigenvalue weighted by molar-refractivity contribution is 5.83. The first kappa shape index (κ1) is 15.0. The van der Waals surface area contributed by atoms with Crippen molar-refractivity contribution in [2.75, 3.05) is 13.6 Å². The minimum Gasteiger partial charge on any atom is -0.342 e. The molecule has 1 aliphatic carbocycles. The fraction of sp³-hybridized carbons (Fsp3) is 0.588. The molecule has 20 heavy (non-hydrogen) atoms. The summed E-state index contributed by atoms with van der Waals surface area (Å²) in [4.78, 5) is 14.6. The fourth-order valence-corrected chi connectivity index (χ4v) is 3.33. The van der Waals surface area contributed by atoms with Crippen molar-refractivity contribution in [2.45, 2.75) is 44.6 Å². The zero-order valence-corrected chi connectivity index (χ0v) is 12.6. The molecule has 0 bridgehead atoms. The molecular weight excluding hydrogens is 248 g/mol. The molecule has 1 saturated carbocycles. The SMILES string of the molecule is CC(C(=O)N(C)C1CCCCC1CN)c1ccccc1. The highest BCUT2D eigenvalue weighted by Crippen LogP contribution is 2.29.